The smallest absolute Gasteiger partial charge is 0.675 e. The summed E-state index contributed by atoms with van der Waals surface area (Å²) in [6, 6.07) is 0.0833. The predicted molar refractivity (Wildman–Crippen MR) is 108 cm³/mol. The number of carbonyl (C=O) groups is 2. The van der Waals surface area contributed by atoms with Crippen LogP contribution < -0.4 is 0 Å². The Morgan fingerprint density at radius 1 is 1.10 bits per heavy atom. The maximum atomic E-state index is 10.8. The molecule has 13 heteroatoms. The fourth-order valence-electron chi connectivity index (χ4n) is 1.83. The number of rotatable bonds is 7. The summed E-state index contributed by atoms with van der Waals surface area (Å²) in [4.78, 5) is 19.1. The zero-order chi connectivity index (χ0) is 24.2. The fourth-order valence-corrected chi connectivity index (χ4v) is 1.90. The van der Waals surface area contributed by atoms with E-state index in [2.05, 4.69) is 20.8 Å². The molecule has 0 aromatic rings. The van der Waals surface area contributed by atoms with E-state index in [9.17, 15) is 24.9 Å². The van der Waals surface area contributed by atoms with E-state index in [1.807, 2.05) is 13.8 Å². The quantitative estimate of drug-likeness (QED) is 0.126. The monoisotopic (exact) mass is 654 g/mol. The molecule has 1 unspecified atom stereocenters. The van der Waals surface area contributed by atoms with Gasteiger partial charge >= 0.3 is 33.0 Å². The number of carboxylic acids is 2. The number of carboxylic acid groups (broad SMARTS) is 2. The number of alkyl halides is 1. The van der Waals surface area contributed by atoms with E-state index in [-0.39, 0.29) is 27.1 Å². The van der Waals surface area contributed by atoms with Gasteiger partial charge in [0, 0.05) is 6.42 Å². The molecule has 5 atom stereocenters. The van der Waals surface area contributed by atoms with Crippen molar-refractivity contribution in [3.63, 3.8) is 0 Å². The number of nitrogens with one attached hydrogen (secondary N) is 1. The van der Waals surface area contributed by atoms with Crippen molar-refractivity contribution in [1.82, 2.24) is 0 Å². The normalized spacial score (nSPS) is 25.5. The fraction of sp³-hybridized carbons (Fsp3) is 0.833. The molecule has 0 aromatic heterocycles. The van der Waals surface area contributed by atoms with E-state index in [1.54, 1.807) is 0 Å². The molecular formula is C18H34ClNO10Pt. The largest absolute Gasteiger partial charge is 2.00 e. The number of hydrogen-bond acceptors (Lipinski definition) is 8. The molecule has 0 aromatic carbocycles. The van der Waals surface area contributed by atoms with Crippen LogP contribution in [0, 0.1) is 12.8 Å². The Bertz CT molecular complexity index is 484. The third kappa shape index (κ3) is 13.7. The van der Waals surface area contributed by atoms with Crippen LogP contribution >= 0.6 is 11.6 Å². The van der Waals surface area contributed by atoms with Crippen LogP contribution in [0.1, 0.15) is 34.1 Å². The molecule has 0 saturated carbocycles. The van der Waals surface area contributed by atoms with E-state index >= 15 is 0 Å². The van der Waals surface area contributed by atoms with Gasteiger partial charge in [-0.15, -0.1) is 6.04 Å². The Hall–Kier alpha value is -0.362. The Morgan fingerprint density at radius 3 is 1.81 bits per heavy atom. The summed E-state index contributed by atoms with van der Waals surface area (Å²) in [5, 5.41) is 55.3. The number of hydrogen-bond donors (Lipinski definition) is 6. The minimum atomic E-state index is -2.60. The number of aliphatic carboxylic acids is 2. The molecule has 0 aliphatic carbocycles. The van der Waals surface area contributed by atoms with E-state index in [4.69, 9.17) is 42.1 Å². The minimum absolute atomic E-state index is 0. The Morgan fingerprint density at radius 2 is 1.48 bits per heavy atom. The molecule has 7 N–H and O–H groups in total. The molecule has 11 nitrogen and oxygen atoms in total. The molecule has 1 heterocycles. The minimum Gasteiger partial charge on any atom is -0.675 e. The summed E-state index contributed by atoms with van der Waals surface area (Å²) in [6.45, 7) is 10.2. The SMILES string of the molecule is CC(C)[NH-].O=C(O)C(Cl)(CCOC1O[C@H](CO)[C@@H](O)[C@H](O)[C@H]1O)C(=O)O.[CH2-]C(C)C.[Pt+2]. The van der Waals surface area contributed by atoms with E-state index in [1.165, 1.54) is 0 Å². The summed E-state index contributed by atoms with van der Waals surface area (Å²) in [7, 11) is 0. The third-order valence-corrected chi connectivity index (χ3v) is 3.77. The first kappa shape index (κ1) is 35.2. The number of aliphatic hydroxyl groups is 4. The Labute approximate surface area is 201 Å². The molecule has 1 rings (SSSR count). The van der Waals surface area contributed by atoms with Crippen LogP contribution in [0.3, 0.4) is 0 Å². The van der Waals surface area contributed by atoms with Crippen molar-refractivity contribution in [2.24, 2.45) is 5.92 Å². The molecule has 0 radical (unpaired) electrons. The molecular weight excluding hydrogens is 621 g/mol. The Kier molecular flexibility index (Phi) is 19.5. The summed E-state index contributed by atoms with van der Waals surface area (Å²) in [6.07, 6.45) is -8.21. The van der Waals surface area contributed by atoms with Crippen molar-refractivity contribution in [2.75, 3.05) is 13.2 Å². The number of ether oxygens (including phenoxy) is 2. The van der Waals surface area contributed by atoms with Gasteiger partial charge in [-0.1, -0.05) is 39.3 Å². The molecule has 1 fully saturated rings. The topological polar surface area (TPSA) is 198 Å². The van der Waals surface area contributed by atoms with Crippen molar-refractivity contribution in [3.05, 3.63) is 12.7 Å². The second-order valence-corrected chi connectivity index (χ2v) is 7.92. The second kappa shape index (κ2) is 17.2. The zero-order valence-electron chi connectivity index (χ0n) is 17.9. The van der Waals surface area contributed by atoms with Crippen molar-refractivity contribution in [2.45, 2.75) is 75.7 Å². The first-order valence-corrected chi connectivity index (χ1v) is 9.61. The summed E-state index contributed by atoms with van der Waals surface area (Å²) in [5.41, 5.74) is 6.58. The van der Waals surface area contributed by atoms with Crippen LogP contribution in [-0.2, 0) is 40.1 Å². The maximum absolute atomic E-state index is 10.8. The molecule has 0 bridgehead atoms. The van der Waals surface area contributed by atoms with Gasteiger partial charge in [0.05, 0.1) is 13.2 Å². The number of halogens is 1. The third-order valence-electron chi connectivity index (χ3n) is 3.26. The van der Waals surface area contributed by atoms with Crippen LogP contribution in [0.4, 0.5) is 0 Å². The van der Waals surface area contributed by atoms with Gasteiger partial charge < -0.3 is 52.8 Å². The van der Waals surface area contributed by atoms with Gasteiger partial charge in [-0.3, -0.25) is 0 Å². The van der Waals surface area contributed by atoms with Gasteiger partial charge in [-0.05, 0) is 0 Å². The first-order chi connectivity index (χ1) is 13.6. The molecule has 0 amide bonds. The van der Waals surface area contributed by atoms with Crippen LogP contribution in [0.5, 0.6) is 0 Å². The van der Waals surface area contributed by atoms with Gasteiger partial charge in [-0.25, -0.2) is 9.59 Å². The van der Waals surface area contributed by atoms with Crippen molar-refractivity contribution >= 4 is 23.5 Å². The van der Waals surface area contributed by atoms with E-state index < -0.39 is 67.2 Å². The first-order valence-electron chi connectivity index (χ1n) is 9.23. The molecule has 1 saturated heterocycles. The molecule has 1 aliphatic rings. The average molecular weight is 655 g/mol. The predicted octanol–water partition coefficient (Wildman–Crippen LogP) is 0.261. The summed E-state index contributed by atoms with van der Waals surface area (Å²) < 4.78 is 9.97. The van der Waals surface area contributed by atoms with Gasteiger partial charge in [0.1, 0.15) is 24.4 Å². The summed E-state index contributed by atoms with van der Waals surface area (Å²) in [5.74, 6) is -2.97. The summed E-state index contributed by atoms with van der Waals surface area (Å²) >= 11 is 5.46. The zero-order valence-corrected chi connectivity index (χ0v) is 20.9. The van der Waals surface area contributed by atoms with Crippen molar-refractivity contribution in [3.8, 4) is 0 Å². The van der Waals surface area contributed by atoms with Crippen LogP contribution in [0.2, 0.25) is 0 Å². The van der Waals surface area contributed by atoms with Crippen molar-refractivity contribution in [1.29, 1.82) is 0 Å². The molecule has 0 spiro atoms. The Balaban J connectivity index is -0.000000747. The second-order valence-electron chi connectivity index (χ2n) is 7.28. The van der Waals surface area contributed by atoms with Crippen LogP contribution in [-0.4, -0.2) is 97.4 Å². The van der Waals surface area contributed by atoms with Crippen LogP contribution in [0.15, 0.2) is 0 Å². The van der Waals surface area contributed by atoms with Gasteiger partial charge in [0.25, 0.3) is 0 Å². The van der Waals surface area contributed by atoms with Gasteiger partial charge in [0.15, 0.2) is 6.29 Å². The maximum Gasteiger partial charge on any atom is 2.00 e. The number of aliphatic hydroxyl groups excluding tert-OH is 4. The molecule has 31 heavy (non-hydrogen) atoms. The molecule has 188 valence electrons. The van der Waals surface area contributed by atoms with Gasteiger partial charge in [-0.2, -0.15) is 5.92 Å². The molecule has 1 aliphatic heterocycles. The van der Waals surface area contributed by atoms with E-state index in [0.717, 1.165) is 0 Å². The standard InChI is InChI=1S/C11H17ClO10.C4H9.C3H8N.Pt/c12-11(9(17)18,10(19)20)1-2-21-8-7(16)6(15)5(14)4(3-13)22-8;1-4(2)3;1-3(2)4;/h4-8,13-16H,1-3H2,(H,17,18)(H,19,20);4H,1H2,2-3H3;3-4H,1-2H3;/q;2*-1;+2/t4-,5-,6+,7-,8?;;;/m1.../s1. The van der Waals surface area contributed by atoms with Crippen molar-refractivity contribution < 1.29 is 70.8 Å². The van der Waals surface area contributed by atoms with E-state index in [0.29, 0.717) is 5.92 Å². The average Bonchev–Trinajstić information content (AvgIpc) is 2.60. The van der Waals surface area contributed by atoms with Crippen LogP contribution in [0.25, 0.3) is 5.73 Å². The van der Waals surface area contributed by atoms with Gasteiger partial charge in [0.2, 0.25) is 4.87 Å².